The Morgan fingerprint density at radius 2 is 2.08 bits per heavy atom. The Morgan fingerprint density at radius 3 is 2.46 bits per heavy atom. The second-order valence-corrected chi connectivity index (χ2v) is 3.39. The van der Waals surface area contributed by atoms with E-state index in [2.05, 4.69) is 5.16 Å². The van der Waals surface area contributed by atoms with Crippen LogP contribution in [0, 0.1) is 5.92 Å². The summed E-state index contributed by atoms with van der Waals surface area (Å²) in [6, 6.07) is 0. The van der Waals surface area contributed by atoms with Gasteiger partial charge in [0.25, 0.3) is 0 Å². The average molecular weight is 188 g/mol. The van der Waals surface area contributed by atoms with Crippen molar-refractivity contribution in [1.29, 1.82) is 0 Å². The molecule has 0 atom stereocenters. The summed E-state index contributed by atoms with van der Waals surface area (Å²) in [7, 11) is 3.26. The van der Waals surface area contributed by atoms with E-state index in [9.17, 15) is 0 Å². The van der Waals surface area contributed by atoms with E-state index in [4.69, 9.17) is 20.4 Å². The Hall–Kier alpha value is -0.810. The van der Waals surface area contributed by atoms with Gasteiger partial charge in [0.15, 0.2) is 5.79 Å². The summed E-state index contributed by atoms with van der Waals surface area (Å²) in [6.07, 6.45) is 2.21. The lowest BCUT2D eigenvalue weighted by molar-refractivity contribution is -0.269. The highest BCUT2D eigenvalue weighted by Crippen LogP contribution is 2.42. The fraction of sp³-hybridized carbons (Fsp3) is 0.875. The molecule has 1 saturated carbocycles. The molecular formula is C8H16N2O3. The standard InChI is InChI=1S/C8H16N2O3/c1-12-8(13-2)4-6(5-8)3-7(9)10-11/h6,11H,3-5H2,1-2H3,(H2,9,10). The van der Waals surface area contributed by atoms with E-state index in [0.29, 0.717) is 12.3 Å². The molecule has 76 valence electrons. The van der Waals surface area contributed by atoms with Crippen LogP contribution in [0.4, 0.5) is 0 Å². The maximum Gasteiger partial charge on any atom is 0.168 e. The molecule has 0 bridgehead atoms. The van der Waals surface area contributed by atoms with Gasteiger partial charge in [0.1, 0.15) is 5.84 Å². The Bertz CT molecular complexity index is 194. The second kappa shape index (κ2) is 3.93. The number of nitrogens with two attached hydrogens (primary N) is 1. The Balaban J connectivity index is 2.32. The summed E-state index contributed by atoms with van der Waals surface area (Å²) in [5, 5.41) is 11.3. The van der Waals surface area contributed by atoms with Gasteiger partial charge >= 0.3 is 0 Å². The highest BCUT2D eigenvalue weighted by atomic mass is 16.7. The SMILES string of the molecule is COC1(OC)CC(C/C(N)=N/O)C1. The first-order chi connectivity index (χ1) is 6.15. The highest BCUT2D eigenvalue weighted by Gasteiger charge is 2.45. The van der Waals surface area contributed by atoms with Crippen LogP contribution in [0.1, 0.15) is 19.3 Å². The monoisotopic (exact) mass is 188 g/mol. The predicted molar refractivity (Wildman–Crippen MR) is 47.5 cm³/mol. The number of oxime groups is 1. The minimum atomic E-state index is -0.430. The van der Waals surface area contributed by atoms with Gasteiger partial charge in [0.2, 0.25) is 0 Å². The molecule has 0 spiro atoms. The number of rotatable bonds is 4. The van der Waals surface area contributed by atoms with Crippen LogP contribution in [0.5, 0.6) is 0 Å². The van der Waals surface area contributed by atoms with Gasteiger partial charge in [0, 0.05) is 33.5 Å². The zero-order valence-electron chi connectivity index (χ0n) is 7.99. The van der Waals surface area contributed by atoms with Gasteiger partial charge in [-0.15, -0.1) is 0 Å². The molecule has 0 radical (unpaired) electrons. The zero-order chi connectivity index (χ0) is 9.90. The van der Waals surface area contributed by atoms with Crippen LogP contribution in [0.2, 0.25) is 0 Å². The third-order valence-electron chi connectivity index (χ3n) is 2.57. The molecule has 3 N–H and O–H groups in total. The van der Waals surface area contributed by atoms with Crippen molar-refractivity contribution in [1.82, 2.24) is 0 Å². The molecular weight excluding hydrogens is 172 g/mol. The number of hydrogen-bond acceptors (Lipinski definition) is 4. The molecule has 0 unspecified atom stereocenters. The largest absolute Gasteiger partial charge is 0.409 e. The second-order valence-electron chi connectivity index (χ2n) is 3.39. The van der Waals surface area contributed by atoms with Gasteiger partial charge in [-0.2, -0.15) is 0 Å². The molecule has 0 saturated heterocycles. The van der Waals surface area contributed by atoms with Crippen LogP contribution >= 0.6 is 0 Å². The van der Waals surface area contributed by atoms with Crippen LogP contribution in [0.25, 0.3) is 0 Å². The molecule has 13 heavy (non-hydrogen) atoms. The van der Waals surface area contributed by atoms with Gasteiger partial charge in [-0.1, -0.05) is 5.16 Å². The van der Waals surface area contributed by atoms with Crippen LogP contribution in [-0.4, -0.2) is 31.0 Å². The third kappa shape index (κ3) is 2.10. The van der Waals surface area contributed by atoms with Crippen molar-refractivity contribution in [2.45, 2.75) is 25.0 Å². The normalized spacial score (nSPS) is 22.8. The molecule has 0 aliphatic heterocycles. The van der Waals surface area contributed by atoms with Crippen molar-refractivity contribution in [2.24, 2.45) is 16.8 Å². The molecule has 0 heterocycles. The van der Waals surface area contributed by atoms with Gasteiger partial charge in [0.05, 0.1) is 0 Å². The average Bonchev–Trinajstić information content (AvgIpc) is 2.10. The lowest BCUT2D eigenvalue weighted by Gasteiger charge is -2.44. The van der Waals surface area contributed by atoms with E-state index in [-0.39, 0.29) is 5.84 Å². The molecule has 0 aromatic carbocycles. The first kappa shape index (κ1) is 10.3. The van der Waals surface area contributed by atoms with E-state index >= 15 is 0 Å². The first-order valence-corrected chi connectivity index (χ1v) is 4.22. The van der Waals surface area contributed by atoms with Crippen molar-refractivity contribution >= 4 is 5.84 Å². The maximum absolute atomic E-state index is 8.35. The van der Waals surface area contributed by atoms with E-state index in [1.807, 2.05) is 0 Å². The number of hydrogen-bond donors (Lipinski definition) is 2. The third-order valence-corrected chi connectivity index (χ3v) is 2.57. The minimum absolute atomic E-state index is 0.269. The van der Waals surface area contributed by atoms with E-state index in [1.54, 1.807) is 14.2 Å². The molecule has 0 amide bonds. The molecule has 0 aromatic rings. The fourth-order valence-electron chi connectivity index (χ4n) is 1.72. The molecule has 1 aliphatic rings. The van der Waals surface area contributed by atoms with Crippen LogP contribution in [0.3, 0.4) is 0 Å². The lowest BCUT2D eigenvalue weighted by atomic mass is 9.76. The Kier molecular flexibility index (Phi) is 3.11. The van der Waals surface area contributed by atoms with Crippen molar-refractivity contribution in [3.8, 4) is 0 Å². The number of ether oxygens (including phenoxy) is 2. The smallest absolute Gasteiger partial charge is 0.168 e. The molecule has 0 aromatic heterocycles. The Morgan fingerprint density at radius 1 is 1.54 bits per heavy atom. The number of amidine groups is 1. The number of methoxy groups -OCH3 is 2. The highest BCUT2D eigenvalue weighted by molar-refractivity contribution is 5.79. The zero-order valence-corrected chi connectivity index (χ0v) is 7.99. The van der Waals surface area contributed by atoms with Crippen molar-refractivity contribution in [3.05, 3.63) is 0 Å². The minimum Gasteiger partial charge on any atom is -0.409 e. The first-order valence-electron chi connectivity index (χ1n) is 4.22. The molecule has 1 rings (SSSR count). The molecule has 1 fully saturated rings. The van der Waals surface area contributed by atoms with Crippen LogP contribution in [-0.2, 0) is 9.47 Å². The summed E-state index contributed by atoms with van der Waals surface area (Å²) in [5.74, 6) is 0.238. The Labute approximate surface area is 77.5 Å². The summed E-state index contributed by atoms with van der Waals surface area (Å²) >= 11 is 0. The lowest BCUT2D eigenvalue weighted by Crippen LogP contribution is -2.48. The summed E-state index contributed by atoms with van der Waals surface area (Å²) < 4.78 is 10.4. The van der Waals surface area contributed by atoms with E-state index in [0.717, 1.165) is 12.8 Å². The molecule has 5 nitrogen and oxygen atoms in total. The van der Waals surface area contributed by atoms with Crippen LogP contribution in [0.15, 0.2) is 5.16 Å². The number of nitrogens with zero attached hydrogens (tertiary/aromatic N) is 1. The fourth-order valence-corrected chi connectivity index (χ4v) is 1.72. The quantitative estimate of drug-likeness (QED) is 0.222. The molecule has 5 heteroatoms. The van der Waals surface area contributed by atoms with Crippen LogP contribution < -0.4 is 5.73 Å². The summed E-state index contributed by atoms with van der Waals surface area (Å²) in [4.78, 5) is 0. The van der Waals surface area contributed by atoms with E-state index < -0.39 is 5.79 Å². The summed E-state index contributed by atoms with van der Waals surface area (Å²) in [6.45, 7) is 0. The van der Waals surface area contributed by atoms with Gasteiger partial charge in [-0.05, 0) is 5.92 Å². The maximum atomic E-state index is 8.35. The van der Waals surface area contributed by atoms with Gasteiger partial charge in [-0.25, -0.2) is 0 Å². The van der Waals surface area contributed by atoms with Gasteiger partial charge in [-0.3, -0.25) is 0 Å². The van der Waals surface area contributed by atoms with Crippen molar-refractivity contribution < 1.29 is 14.7 Å². The topological polar surface area (TPSA) is 77.1 Å². The van der Waals surface area contributed by atoms with E-state index in [1.165, 1.54) is 0 Å². The summed E-state index contributed by atoms with van der Waals surface area (Å²) in [5.41, 5.74) is 5.37. The predicted octanol–water partition coefficient (Wildman–Crippen LogP) is 0.522. The van der Waals surface area contributed by atoms with Crippen molar-refractivity contribution in [2.75, 3.05) is 14.2 Å². The van der Waals surface area contributed by atoms with Gasteiger partial charge < -0.3 is 20.4 Å². The molecule has 1 aliphatic carbocycles. The van der Waals surface area contributed by atoms with Crippen molar-refractivity contribution in [3.63, 3.8) is 0 Å².